The number of carbonyl (C=O) groups excluding carboxylic acids is 1. The molecule has 7 nitrogen and oxygen atoms in total. The Labute approximate surface area is 196 Å². The van der Waals surface area contributed by atoms with E-state index in [4.69, 9.17) is 0 Å². The van der Waals surface area contributed by atoms with Gasteiger partial charge in [0, 0.05) is 30.7 Å². The van der Waals surface area contributed by atoms with Crippen LogP contribution in [0.25, 0.3) is 0 Å². The molecular formula is C25H34N4O3S. The molecule has 2 aliphatic carbocycles. The van der Waals surface area contributed by atoms with E-state index < -0.39 is 10.0 Å². The number of rotatable bonds is 7. The van der Waals surface area contributed by atoms with Crippen LogP contribution in [0, 0.1) is 11.8 Å². The summed E-state index contributed by atoms with van der Waals surface area (Å²) in [6.07, 6.45) is 14.2. The van der Waals surface area contributed by atoms with Gasteiger partial charge in [-0.3, -0.25) is 4.98 Å². The Balaban J connectivity index is 1.25. The van der Waals surface area contributed by atoms with Crippen LogP contribution in [0.3, 0.4) is 0 Å². The number of anilines is 1. The molecule has 2 fully saturated rings. The first-order valence-electron chi connectivity index (χ1n) is 12.1. The third kappa shape index (κ3) is 6.77. The molecule has 0 unspecified atom stereocenters. The van der Waals surface area contributed by atoms with Gasteiger partial charge in [-0.15, -0.1) is 0 Å². The van der Waals surface area contributed by atoms with E-state index in [2.05, 4.69) is 20.3 Å². The zero-order valence-electron chi connectivity index (χ0n) is 19.0. The highest BCUT2D eigenvalue weighted by atomic mass is 32.2. The largest absolute Gasteiger partial charge is 0.334 e. The van der Waals surface area contributed by atoms with E-state index in [0.717, 1.165) is 43.1 Å². The molecule has 0 aliphatic heterocycles. The average Bonchev–Trinajstić information content (AvgIpc) is 2.84. The van der Waals surface area contributed by atoms with Crippen molar-refractivity contribution in [1.29, 1.82) is 0 Å². The number of aromatic nitrogens is 1. The monoisotopic (exact) mass is 470 g/mol. The quantitative estimate of drug-likeness (QED) is 0.540. The van der Waals surface area contributed by atoms with E-state index >= 15 is 0 Å². The molecule has 8 heteroatoms. The van der Waals surface area contributed by atoms with Crippen molar-refractivity contribution in [2.75, 3.05) is 5.32 Å². The maximum atomic E-state index is 12.9. The van der Waals surface area contributed by atoms with Gasteiger partial charge in [0.15, 0.2) is 0 Å². The van der Waals surface area contributed by atoms with Gasteiger partial charge in [-0.1, -0.05) is 38.2 Å². The lowest BCUT2D eigenvalue weighted by Gasteiger charge is -2.36. The number of pyridine rings is 1. The molecule has 2 aromatic rings. The summed E-state index contributed by atoms with van der Waals surface area (Å²) >= 11 is 0. The minimum absolute atomic E-state index is 0.00546. The topological polar surface area (TPSA) is 100 Å². The van der Waals surface area contributed by atoms with Crippen LogP contribution in [0.1, 0.15) is 63.4 Å². The van der Waals surface area contributed by atoms with Crippen molar-refractivity contribution >= 4 is 21.7 Å². The van der Waals surface area contributed by atoms with Gasteiger partial charge in [-0.2, -0.15) is 0 Å². The Kier molecular flexibility index (Phi) is 7.98. The minimum Gasteiger partial charge on any atom is -0.334 e. The van der Waals surface area contributed by atoms with Crippen molar-refractivity contribution in [3.05, 3.63) is 54.4 Å². The zero-order chi connectivity index (χ0) is 23.1. The molecule has 0 atom stereocenters. The van der Waals surface area contributed by atoms with E-state index in [0.29, 0.717) is 12.2 Å². The van der Waals surface area contributed by atoms with Crippen LogP contribution >= 0.6 is 0 Å². The number of nitrogens with one attached hydrogen (secondary N) is 3. The maximum absolute atomic E-state index is 12.9. The number of urea groups is 1. The Hall–Kier alpha value is -2.45. The third-order valence-electron chi connectivity index (χ3n) is 7.01. The molecular weight excluding hydrogens is 436 g/mol. The van der Waals surface area contributed by atoms with Crippen LogP contribution < -0.4 is 15.4 Å². The van der Waals surface area contributed by atoms with Crippen LogP contribution in [0.5, 0.6) is 0 Å². The molecule has 0 bridgehead atoms. The molecule has 33 heavy (non-hydrogen) atoms. The SMILES string of the molecule is O=C(NCc1cccnc1)Nc1ccc(S(=O)(=O)NC2CCC(C3CCCCC3)CC2)cc1. The number of nitrogens with zero attached hydrogens (tertiary/aromatic N) is 1. The van der Waals surface area contributed by atoms with E-state index in [9.17, 15) is 13.2 Å². The summed E-state index contributed by atoms with van der Waals surface area (Å²) in [5.74, 6) is 1.61. The molecule has 4 rings (SSSR count). The number of benzene rings is 1. The summed E-state index contributed by atoms with van der Waals surface area (Å²) in [5, 5.41) is 5.48. The molecule has 1 aromatic carbocycles. The highest BCUT2D eigenvalue weighted by Gasteiger charge is 2.30. The summed E-state index contributed by atoms with van der Waals surface area (Å²) in [5.41, 5.74) is 1.43. The van der Waals surface area contributed by atoms with E-state index in [1.54, 1.807) is 24.5 Å². The van der Waals surface area contributed by atoms with Crippen LogP contribution in [0.4, 0.5) is 10.5 Å². The van der Waals surface area contributed by atoms with Gasteiger partial charge in [-0.05, 0) is 73.4 Å². The first kappa shape index (κ1) is 23.7. The highest BCUT2D eigenvalue weighted by molar-refractivity contribution is 7.89. The second kappa shape index (κ2) is 11.1. The predicted octanol–water partition coefficient (Wildman–Crippen LogP) is 4.82. The molecule has 1 aromatic heterocycles. The molecule has 0 saturated heterocycles. The normalized spacial score (nSPS) is 21.9. The van der Waals surface area contributed by atoms with Crippen molar-refractivity contribution in [1.82, 2.24) is 15.0 Å². The van der Waals surface area contributed by atoms with Gasteiger partial charge in [-0.25, -0.2) is 17.9 Å². The van der Waals surface area contributed by atoms with Gasteiger partial charge in [0.2, 0.25) is 10.0 Å². The van der Waals surface area contributed by atoms with Gasteiger partial charge in [0.25, 0.3) is 0 Å². The van der Waals surface area contributed by atoms with Gasteiger partial charge in [0.1, 0.15) is 0 Å². The molecule has 2 saturated carbocycles. The summed E-state index contributed by atoms with van der Waals surface area (Å²) in [4.78, 5) is 16.3. The second-order valence-corrected chi connectivity index (χ2v) is 11.0. The number of hydrogen-bond acceptors (Lipinski definition) is 4. The van der Waals surface area contributed by atoms with E-state index in [1.165, 1.54) is 44.2 Å². The lowest BCUT2D eigenvalue weighted by atomic mass is 9.72. The Morgan fingerprint density at radius 2 is 1.61 bits per heavy atom. The van der Waals surface area contributed by atoms with Crippen molar-refractivity contribution in [2.45, 2.75) is 75.3 Å². The lowest BCUT2D eigenvalue weighted by molar-refractivity contribution is 0.183. The number of sulfonamides is 1. The summed E-state index contributed by atoms with van der Waals surface area (Å²) in [7, 11) is -3.58. The fraction of sp³-hybridized carbons (Fsp3) is 0.520. The highest BCUT2D eigenvalue weighted by Crippen LogP contribution is 2.38. The summed E-state index contributed by atoms with van der Waals surface area (Å²) < 4.78 is 28.6. The molecule has 1 heterocycles. The minimum atomic E-state index is -3.58. The van der Waals surface area contributed by atoms with E-state index in [1.807, 2.05) is 12.1 Å². The first-order chi connectivity index (χ1) is 16.0. The summed E-state index contributed by atoms with van der Waals surface area (Å²) in [6, 6.07) is 9.62. The third-order valence-corrected chi connectivity index (χ3v) is 8.54. The molecule has 0 radical (unpaired) electrons. The Bertz CT molecular complexity index is 998. The maximum Gasteiger partial charge on any atom is 0.319 e. The van der Waals surface area contributed by atoms with Crippen LogP contribution in [0.2, 0.25) is 0 Å². The van der Waals surface area contributed by atoms with Crippen molar-refractivity contribution in [3.8, 4) is 0 Å². The Morgan fingerprint density at radius 1 is 0.909 bits per heavy atom. The fourth-order valence-electron chi connectivity index (χ4n) is 5.18. The van der Waals surface area contributed by atoms with Crippen molar-refractivity contribution in [3.63, 3.8) is 0 Å². The predicted molar refractivity (Wildman–Crippen MR) is 129 cm³/mol. The van der Waals surface area contributed by atoms with Crippen molar-refractivity contribution < 1.29 is 13.2 Å². The smallest absolute Gasteiger partial charge is 0.319 e. The average molecular weight is 471 g/mol. The zero-order valence-corrected chi connectivity index (χ0v) is 19.8. The van der Waals surface area contributed by atoms with Crippen LogP contribution in [-0.2, 0) is 16.6 Å². The second-order valence-electron chi connectivity index (χ2n) is 9.32. The van der Waals surface area contributed by atoms with Gasteiger partial charge < -0.3 is 10.6 Å². The van der Waals surface area contributed by atoms with Crippen molar-refractivity contribution in [2.24, 2.45) is 11.8 Å². The Morgan fingerprint density at radius 3 is 2.27 bits per heavy atom. The van der Waals surface area contributed by atoms with Gasteiger partial charge >= 0.3 is 6.03 Å². The lowest BCUT2D eigenvalue weighted by Crippen LogP contribution is -2.38. The molecule has 0 spiro atoms. The standard InChI is InChI=1S/C25H34N4O3S/c30-25(27-18-19-5-4-16-26-17-19)28-22-12-14-24(15-13-22)33(31,32)29-23-10-8-21(9-11-23)20-6-2-1-3-7-20/h4-5,12-17,20-21,23,29H,1-3,6-11,18H2,(H2,27,28,30). The fourth-order valence-corrected chi connectivity index (χ4v) is 6.48. The molecule has 178 valence electrons. The first-order valence-corrected chi connectivity index (χ1v) is 13.5. The van der Waals surface area contributed by atoms with E-state index in [-0.39, 0.29) is 17.0 Å². The molecule has 3 N–H and O–H groups in total. The van der Waals surface area contributed by atoms with Crippen LogP contribution in [0.15, 0.2) is 53.7 Å². The number of carbonyl (C=O) groups is 1. The molecule has 2 aliphatic rings. The van der Waals surface area contributed by atoms with Gasteiger partial charge in [0.05, 0.1) is 4.90 Å². The molecule has 2 amide bonds. The number of hydrogen-bond donors (Lipinski definition) is 3. The summed E-state index contributed by atoms with van der Waals surface area (Å²) in [6.45, 7) is 0.360. The van der Waals surface area contributed by atoms with Crippen LogP contribution in [-0.4, -0.2) is 25.5 Å². The number of amides is 2.